The van der Waals surface area contributed by atoms with Gasteiger partial charge in [-0.3, -0.25) is 4.90 Å². The second-order valence-corrected chi connectivity index (χ2v) is 8.77. The summed E-state index contributed by atoms with van der Waals surface area (Å²) in [4.78, 5) is 2.30. The molecule has 1 heterocycles. The number of aryl methyl sites for hydroxylation is 1. The zero-order valence-corrected chi connectivity index (χ0v) is 19.2. The van der Waals surface area contributed by atoms with Gasteiger partial charge < -0.3 is 9.84 Å². The fraction of sp³-hybridized carbons (Fsp3) is 0.423. The van der Waals surface area contributed by atoms with Gasteiger partial charge in [-0.25, -0.2) is 13.5 Å². The number of hydrogen-bond acceptors (Lipinski definition) is 4. The molecule has 1 saturated carbocycles. The highest BCUT2D eigenvalue weighted by Gasteiger charge is 2.32. The van der Waals surface area contributed by atoms with E-state index in [0.717, 1.165) is 43.4 Å². The average molecular weight is 456 g/mol. The van der Waals surface area contributed by atoms with Crippen LogP contribution in [0.3, 0.4) is 0 Å². The molecule has 1 aromatic heterocycles. The maximum Gasteiger partial charge on any atom is 0.227 e. The maximum atomic E-state index is 13.5. The number of aliphatic hydroxyl groups is 1. The summed E-state index contributed by atoms with van der Waals surface area (Å²) < 4.78 is 34.8. The van der Waals surface area contributed by atoms with Crippen molar-refractivity contribution < 1.29 is 18.6 Å². The van der Waals surface area contributed by atoms with Crippen LogP contribution in [0, 0.1) is 18.6 Å². The van der Waals surface area contributed by atoms with Gasteiger partial charge in [0.05, 0.1) is 23.0 Å². The minimum Gasteiger partial charge on any atom is -0.439 e. The topological polar surface area (TPSA) is 50.5 Å². The zero-order chi connectivity index (χ0) is 23.4. The Morgan fingerprint density at radius 1 is 1.09 bits per heavy atom. The SMILES string of the molecule is CCCC[C@@H](O)CN(Cc1c(C)nn(-c2ccc(F)cc2)c1Oc1ccc(F)cc1)C1CC1. The minimum atomic E-state index is -0.375. The number of halogens is 2. The average Bonchev–Trinajstić information content (AvgIpc) is 3.61. The molecule has 1 N–H and O–H groups in total. The third-order valence-corrected chi connectivity index (χ3v) is 6.00. The van der Waals surface area contributed by atoms with E-state index in [1.807, 2.05) is 6.92 Å². The highest BCUT2D eigenvalue weighted by molar-refractivity contribution is 5.43. The van der Waals surface area contributed by atoms with Gasteiger partial charge in [-0.15, -0.1) is 0 Å². The first-order valence-corrected chi connectivity index (χ1v) is 11.6. The van der Waals surface area contributed by atoms with Crippen LogP contribution in [-0.4, -0.2) is 38.5 Å². The first-order valence-electron chi connectivity index (χ1n) is 11.6. The predicted molar refractivity (Wildman–Crippen MR) is 124 cm³/mol. The molecule has 0 radical (unpaired) electrons. The Balaban J connectivity index is 1.66. The number of rotatable bonds is 11. The lowest BCUT2D eigenvalue weighted by atomic mass is 10.1. The Labute approximate surface area is 193 Å². The normalized spacial score (nSPS) is 14.6. The Bertz CT molecular complexity index is 1050. The van der Waals surface area contributed by atoms with Crippen LogP contribution in [0.5, 0.6) is 11.6 Å². The second kappa shape index (κ2) is 10.4. The van der Waals surface area contributed by atoms with Crippen molar-refractivity contribution in [1.29, 1.82) is 0 Å². The molecular formula is C26H31F2N3O2. The van der Waals surface area contributed by atoms with E-state index in [4.69, 9.17) is 9.84 Å². The van der Waals surface area contributed by atoms with E-state index in [1.165, 1.54) is 24.3 Å². The monoisotopic (exact) mass is 455 g/mol. The third kappa shape index (κ3) is 5.97. The van der Waals surface area contributed by atoms with Gasteiger partial charge >= 0.3 is 0 Å². The molecule has 0 spiro atoms. The van der Waals surface area contributed by atoms with Gasteiger partial charge in [0, 0.05) is 19.1 Å². The number of benzene rings is 2. The molecule has 3 aromatic rings. The molecule has 1 fully saturated rings. The van der Waals surface area contributed by atoms with E-state index >= 15 is 0 Å². The first kappa shape index (κ1) is 23.4. The predicted octanol–water partition coefficient (Wildman–Crippen LogP) is 5.77. The van der Waals surface area contributed by atoms with Gasteiger partial charge in [0.2, 0.25) is 5.88 Å². The molecule has 2 aromatic carbocycles. The number of hydrogen-bond donors (Lipinski definition) is 1. The summed E-state index contributed by atoms with van der Waals surface area (Å²) in [5.41, 5.74) is 2.37. The van der Waals surface area contributed by atoms with E-state index < -0.39 is 0 Å². The molecule has 0 saturated heterocycles. The Morgan fingerprint density at radius 2 is 1.73 bits per heavy atom. The van der Waals surface area contributed by atoms with Gasteiger partial charge in [0.25, 0.3) is 0 Å². The summed E-state index contributed by atoms with van der Waals surface area (Å²) in [7, 11) is 0. The summed E-state index contributed by atoms with van der Waals surface area (Å²) >= 11 is 0. The lowest BCUT2D eigenvalue weighted by molar-refractivity contribution is 0.0949. The van der Waals surface area contributed by atoms with Gasteiger partial charge in [-0.1, -0.05) is 19.8 Å². The highest BCUT2D eigenvalue weighted by Crippen LogP contribution is 2.35. The molecule has 0 aliphatic heterocycles. The van der Waals surface area contributed by atoms with Crippen LogP contribution < -0.4 is 4.74 Å². The minimum absolute atomic E-state index is 0.329. The quantitative estimate of drug-likeness (QED) is 0.399. The van der Waals surface area contributed by atoms with Crippen LogP contribution in [0.15, 0.2) is 48.5 Å². The molecule has 33 heavy (non-hydrogen) atoms. The summed E-state index contributed by atoms with van der Waals surface area (Å²) in [5, 5.41) is 15.2. The maximum absolute atomic E-state index is 13.5. The summed E-state index contributed by atoms with van der Waals surface area (Å²) in [6.07, 6.45) is 4.69. The number of unbranched alkanes of at least 4 members (excludes halogenated alkanes) is 1. The largest absolute Gasteiger partial charge is 0.439 e. The second-order valence-electron chi connectivity index (χ2n) is 8.77. The number of nitrogens with zero attached hydrogens (tertiary/aromatic N) is 3. The summed E-state index contributed by atoms with van der Waals surface area (Å²) in [6, 6.07) is 12.3. The molecule has 0 bridgehead atoms. The van der Waals surface area contributed by atoms with E-state index in [9.17, 15) is 13.9 Å². The van der Waals surface area contributed by atoms with Crippen molar-refractivity contribution in [2.75, 3.05) is 6.54 Å². The van der Waals surface area contributed by atoms with Crippen LogP contribution in [0.2, 0.25) is 0 Å². The molecule has 5 nitrogen and oxygen atoms in total. The number of aromatic nitrogens is 2. The van der Waals surface area contributed by atoms with Crippen LogP contribution in [-0.2, 0) is 6.54 Å². The van der Waals surface area contributed by atoms with Crippen molar-refractivity contribution in [3.8, 4) is 17.3 Å². The lowest BCUT2D eigenvalue weighted by Gasteiger charge is -2.25. The van der Waals surface area contributed by atoms with Crippen molar-refractivity contribution in [2.45, 2.75) is 64.6 Å². The summed E-state index contributed by atoms with van der Waals surface area (Å²) in [6.45, 7) is 5.22. The van der Waals surface area contributed by atoms with E-state index in [1.54, 1.807) is 28.9 Å². The Kier molecular flexibility index (Phi) is 7.40. The highest BCUT2D eigenvalue weighted by atomic mass is 19.1. The Hall–Kier alpha value is -2.77. The molecule has 1 atom stereocenters. The van der Waals surface area contributed by atoms with Crippen molar-refractivity contribution in [3.63, 3.8) is 0 Å². The van der Waals surface area contributed by atoms with Crippen LogP contribution in [0.4, 0.5) is 8.78 Å². The third-order valence-electron chi connectivity index (χ3n) is 6.00. The molecule has 176 valence electrons. The molecule has 4 rings (SSSR count). The van der Waals surface area contributed by atoms with Crippen molar-refractivity contribution in [1.82, 2.24) is 14.7 Å². The smallest absolute Gasteiger partial charge is 0.227 e. The first-order chi connectivity index (χ1) is 15.9. The zero-order valence-electron chi connectivity index (χ0n) is 19.2. The molecular weight excluding hydrogens is 424 g/mol. The lowest BCUT2D eigenvalue weighted by Crippen LogP contribution is -2.34. The van der Waals surface area contributed by atoms with E-state index in [-0.39, 0.29) is 17.7 Å². The van der Waals surface area contributed by atoms with Gasteiger partial charge in [-0.2, -0.15) is 5.10 Å². The molecule has 1 aliphatic carbocycles. The molecule has 1 aliphatic rings. The molecule has 0 amide bonds. The standard InChI is InChI=1S/C26H31F2N3O2/c1-3-4-5-23(32)16-30(21-12-13-21)17-25-18(2)29-31(22-10-6-19(27)7-11-22)26(25)33-24-14-8-20(28)9-15-24/h6-11,14-15,21,23,32H,3-5,12-13,16-17H2,1-2H3/t23-/m1/s1. The number of ether oxygens (including phenoxy) is 1. The molecule has 7 heteroatoms. The number of aliphatic hydroxyl groups excluding tert-OH is 1. The Morgan fingerprint density at radius 3 is 2.33 bits per heavy atom. The molecule has 0 unspecified atom stereocenters. The van der Waals surface area contributed by atoms with Gasteiger partial charge in [0.1, 0.15) is 17.4 Å². The van der Waals surface area contributed by atoms with Crippen LogP contribution >= 0.6 is 0 Å². The van der Waals surface area contributed by atoms with Crippen LogP contribution in [0.25, 0.3) is 5.69 Å². The van der Waals surface area contributed by atoms with E-state index in [0.29, 0.717) is 36.4 Å². The van der Waals surface area contributed by atoms with Crippen LogP contribution in [0.1, 0.15) is 50.3 Å². The van der Waals surface area contributed by atoms with Gasteiger partial charge in [0.15, 0.2) is 0 Å². The van der Waals surface area contributed by atoms with E-state index in [2.05, 4.69) is 11.8 Å². The van der Waals surface area contributed by atoms with Gasteiger partial charge in [-0.05, 0) is 74.7 Å². The fourth-order valence-corrected chi connectivity index (χ4v) is 3.98. The summed E-state index contributed by atoms with van der Waals surface area (Å²) in [5.74, 6) is 0.331. The van der Waals surface area contributed by atoms with Crippen molar-refractivity contribution in [3.05, 3.63) is 71.4 Å². The van der Waals surface area contributed by atoms with Crippen molar-refractivity contribution >= 4 is 0 Å². The van der Waals surface area contributed by atoms with Crippen molar-refractivity contribution in [2.24, 2.45) is 0 Å². The fourth-order valence-electron chi connectivity index (χ4n) is 3.98.